The predicted octanol–water partition coefficient (Wildman–Crippen LogP) is 3.42. The van der Waals surface area contributed by atoms with Gasteiger partial charge in [-0.1, -0.05) is 0 Å². The zero-order valence-electron chi connectivity index (χ0n) is 14.7. The molecule has 136 valence electrons. The summed E-state index contributed by atoms with van der Waals surface area (Å²) in [6.07, 6.45) is 1.67. The monoisotopic (exact) mass is 465 g/mol. The summed E-state index contributed by atoms with van der Waals surface area (Å²) in [4.78, 5) is 20.2. The molecule has 1 saturated heterocycles. The van der Waals surface area contributed by atoms with E-state index in [1.54, 1.807) is 11.3 Å². The molecule has 1 N–H and O–H groups in total. The van der Waals surface area contributed by atoms with Gasteiger partial charge in [-0.15, -0.1) is 35.3 Å². The van der Waals surface area contributed by atoms with Gasteiger partial charge in [0.25, 0.3) is 0 Å². The lowest BCUT2D eigenvalue weighted by Crippen LogP contribution is -2.46. The molecule has 0 atom stereocenters. The molecule has 2 heterocycles. The second kappa shape index (κ2) is 10.9. The number of piperidine rings is 1. The van der Waals surface area contributed by atoms with E-state index >= 15 is 0 Å². The molecule has 0 radical (unpaired) electrons. The average molecular weight is 465 g/mol. The fourth-order valence-electron chi connectivity index (χ4n) is 2.73. The molecule has 0 spiro atoms. The van der Waals surface area contributed by atoms with Gasteiger partial charge in [0, 0.05) is 24.5 Å². The zero-order chi connectivity index (χ0) is 16.7. The highest BCUT2D eigenvalue weighted by Gasteiger charge is 2.27. The van der Waals surface area contributed by atoms with Crippen LogP contribution in [0.1, 0.15) is 37.1 Å². The third-order valence-electron chi connectivity index (χ3n) is 4.09. The van der Waals surface area contributed by atoms with E-state index in [1.807, 2.05) is 6.92 Å². The van der Waals surface area contributed by atoms with Crippen LogP contribution < -0.4 is 5.32 Å². The number of esters is 1. The fourth-order valence-corrected chi connectivity index (χ4v) is 3.56. The molecule has 0 unspecified atom stereocenters. The van der Waals surface area contributed by atoms with Crippen LogP contribution in [0.5, 0.6) is 0 Å². The molecule has 1 aliphatic heterocycles. The average Bonchev–Trinajstić information content (AvgIpc) is 2.97. The number of nitrogens with zero attached hydrogens (tertiary/aromatic N) is 2. The Kier molecular flexibility index (Phi) is 9.65. The molecule has 0 bridgehead atoms. The Morgan fingerprint density at radius 3 is 2.67 bits per heavy atom. The maximum Gasteiger partial charge on any atom is 0.309 e. The lowest BCUT2D eigenvalue weighted by Gasteiger charge is -2.33. The van der Waals surface area contributed by atoms with Crippen molar-refractivity contribution in [3.63, 3.8) is 0 Å². The van der Waals surface area contributed by atoms with E-state index < -0.39 is 0 Å². The molecule has 2 rings (SSSR count). The van der Waals surface area contributed by atoms with Crippen LogP contribution in [0, 0.1) is 12.8 Å². The number of rotatable bonds is 5. The fraction of sp³-hybridized carbons (Fsp3) is 0.647. The number of guanidine groups is 1. The zero-order valence-corrected chi connectivity index (χ0v) is 17.9. The van der Waals surface area contributed by atoms with Crippen molar-refractivity contribution < 1.29 is 9.53 Å². The van der Waals surface area contributed by atoms with Gasteiger partial charge < -0.3 is 15.0 Å². The van der Waals surface area contributed by atoms with Crippen LogP contribution in [0.3, 0.4) is 0 Å². The van der Waals surface area contributed by atoms with Crippen LogP contribution in [0.25, 0.3) is 0 Å². The Balaban J connectivity index is 0.00000288. The minimum atomic E-state index is -0.0525. The summed E-state index contributed by atoms with van der Waals surface area (Å²) >= 11 is 1.75. The Morgan fingerprint density at radius 1 is 1.42 bits per heavy atom. The second-order valence-electron chi connectivity index (χ2n) is 5.71. The van der Waals surface area contributed by atoms with Crippen molar-refractivity contribution in [3.8, 4) is 0 Å². The van der Waals surface area contributed by atoms with E-state index in [0.717, 1.165) is 38.4 Å². The predicted molar refractivity (Wildman–Crippen MR) is 110 cm³/mol. The highest BCUT2D eigenvalue weighted by atomic mass is 127. The highest BCUT2D eigenvalue weighted by Crippen LogP contribution is 2.20. The Labute approximate surface area is 165 Å². The number of aliphatic imine (C=N–C) groups is 1. The molecule has 1 aromatic rings. The molecule has 0 aliphatic carbocycles. The van der Waals surface area contributed by atoms with Crippen molar-refractivity contribution in [3.05, 3.63) is 21.9 Å². The van der Waals surface area contributed by atoms with Gasteiger partial charge in [-0.2, -0.15) is 0 Å². The number of carbonyl (C=O) groups is 1. The van der Waals surface area contributed by atoms with Crippen LogP contribution in [0.15, 0.2) is 16.4 Å². The highest BCUT2D eigenvalue weighted by molar-refractivity contribution is 14.0. The van der Waals surface area contributed by atoms with Crippen molar-refractivity contribution in [2.24, 2.45) is 10.9 Å². The summed E-state index contributed by atoms with van der Waals surface area (Å²) in [7, 11) is 0. The van der Waals surface area contributed by atoms with Gasteiger partial charge in [-0.3, -0.25) is 4.79 Å². The molecule has 0 amide bonds. The maximum atomic E-state index is 11.8. The number of aryl methyl sites for hydroxylation is 1. The Bertz CT molecular complexity index is 540. The standard InChI is InChI=1S/C17H27N3O2S.HI/c1-4-18-17(19-12-15-13(3)8-11-23-15)20-9-6-14(7-10-20)16(21)22-5-2;/h8,11,14H,4-7,9-10,12H2,1-3H3,(H,18,19);1H. The summed E-state index contributed by atoms with van der Waals surface area (Å²) in [5.41, 5.74) is 1.30. The third kappa shape index (κ3) is 5.91. The van der Waals surface area contributed by atoms with Crippen molar-refractivity contribution in [1.29, 1.82) is 0 Å². The largest absolute Gasteiger partial charge is 0.466 e. The van der Waals surface area contributed by atoms with Gasteiger partial charge in [0.05, 0.1) is 19.1 Å². The molecule has 1 fully saturated rings. The first kappa shape index (κ1) is 21.2. The third-order valence-corrected chi connectivity index (χ3v) is 5.10. The van der Waals surface area contributed by atoms with Crippen molar-refractivity contribution >= 4 is 47.2 Å². The Morgan fingerprint density at radius 2 is 2.12 bits per heavy atom. The smallest absolute Gasteiger partial charge is 0.309 e. The van der Waals surface area contributed by atoms with Crippen LogP contribution in [-0.4, -0.2) is 43.1 Å². The van der Waals surface area contributed by atoms with Gasteiger partial charge >= 0.3 is 5.97 Å². The first-order valence-electron chi connectivity index (χ1n) is 8.38. The first-order chi connectivity index (χ1) is 11.2. The van der Waals surface area contributed by atoms with Crippen molar-refractivity contribution in [2.45, 2.75) is 40.2 Å². The van der Waals surface area contributed by atoms with Gasteiger partial charge in [0.1, 0.15) is 0 Å². The minimum absolute atomic E-state index is 0. The summed E-state index contributed by atoms with van der Waals surface area (Å²) in [6.45, 7) is 9.77. The molecule has 0 aromatic carbocycles. The van der Waals surface area contributed by atoms with Crippen LogP contribution in [0.4, 0.5) is 0 Å². The topological polar surface area (TPSA) is 53.9 Å². The maximum absolute atomic E-state index is 11.8. The van der Waals surface area contributed by atoms with E-state index in [9.17, 15) is 4.79 Å². The summed E-state index contributed by atoms with van der Waals surface area (Å²) in [5, 5.41) is 5.48. The second-order valence-corrected chi connectivity index (χ2v) is 6.71. The molecule has 5 nitrogen and oxygen atoms in total. The molecule has 1 aliphatic rings. The van der Waals surface area contributed by atoms with Crippen LogP contribution >= 0.6 is 35.3 Å². The lowest BCUT2D eigenvalue weighted by atomic mass is 9.97. The van der Waals surface area contributed by atoms with Gasteiger partial charge in [0.2, 0.25) is 0 Å². The number of hydrogen-bond donors (Lipinski definition) is 1. The van der Waals surface area contributed by atoms with Crippen LogP contribution in [-0.2, 0) is 16.1 Å². The minimum Gasteiger partial charge on any atom is -0.466 e. The molecule has 1 aromatic heterocycles. The Hall–Kier alpha value is -0.830. The van der Waals surface area contributed by atoms with Gasteiger partial charge in [-0.25, -0.2) is 4.99 Å². The van der Waals surface area contributed by atoms with Crippen molar-refractivity contribution in [1.82, 2.24) is 10.2 Å². The number of carbonyl (C=O) groups excluding carboxylic acids is 1. The molecule has 24 heavy (non-hydrogen) atoms. The van der Waals surface area contributed by atoms with E-state index in [-0.39, 0.29) is 35.9 Å². The molecule has 0 saturated carbocycles. The normalized spacial score (nSPS) is 15.8. The number of hydrogen-bond acceptors (Lipinski definition) is 4. The summed E-state index contributed by atoms with van der Waals surface area (Å²) in [6, 6.07) is 2.13. The molecular formula is C17H28IN3O2S. The quantitative estimate of drug-likeness (QED) is 0.314. The number of nitrogens with one attached hydrogen (secondary N) is 1. The number of thiophene rings is 1. The van der Waals surface area contributed by atoms with E-state index in [4.69, 9.17) is 9.73 Å². The number of likely N-dealkylation sites (tertiary alicyclic amines) is 1. The van der Waals surface area contributed by atoms with Gasteiger partial charge in [0.15, 0.2) is 5.96 Å². The van der Waals surface area contributed by atoms with Crippen LogP contribution in [0.2, 0.25) is 0 Å². The van der Waals surface area contributed by atoms with E-state index in [2.05, 4.69) is 35.5 Å². The molecule has 7 heteroatoms. The molecular weight excluding hydrogens is 437 g/mol. The summed E-state index contributed by atoms with van der Waals surface area (Å²) in [5.74, 6) is 0.930. The number of halogens is 1. The van der Waals surface area contributed by atoms with E-state index in [1.165, 1.54) is 10.4 Å². The van der Waals surface area contributed by atoms with Gasteiger partial charge in [-0.05, 0) is 50.6 Å². The number of ether oxygens (including phenoxy) is 1. The summed E-state index contributed by atoms with van der Waals surface area (Å²) < 4.78 is 5.13. The van der Waals surface area contributed by atoms with Crippen molar-refractivity contribution in [2.75, 3.05) is 26.2 Å². The van der Waals surface area contributed by atoms with E-state index in [0.29, 0.717) is 13.2 Å². The lowest BCUT2D eigenvalue weighted by molar-refractivity contribution is -0.149. The SMILES string of the molecule is CCNC(=NCc1sccc1C)N1CCC(C(=O)OCC)CC1.I. The first-order valence-corrected chi connectivity index (χ1v) is 9.26.